The molecule has 0 amide bonds. The Bertz CT molecular complexity index is 482. The van der Waals surface area contributed by atoms with E-state index in [2.05, 4.69) is 28.6 Å². The zero-order valence-electron chi connectivity index (χ0n) is 10.1. The molecule has 1 aromatic carbocycles. The van der Waals surface area contributed by atoms with E-state index in [0.29, 0.717) is 0 Å². The molecule has 0 atom stereocenters. The van der Waals surface area contributed by atoms with Gasteiger partial charge in [0.2, 0.25) is 0 Å². The van der Waals surface area contributed by atoms with Crippen molar-refractivity contribution in [1.82, 2.24) is 9.55 Å². The molecule has 0 bridgehead atoms. The Morgan fingerprint density at radius 1 is 1.35 bits per heavy atom. The number of methoxy groups -OCH3 is 1. The van der Waals surface area contributed by atoms with Gasteiger partial charge in [0.25, 0.3) is 0 Å². The summed E-state index contributed by atoms with van der Waals surface area (Å²) in [4.78, 5) is 4.38. The van der Waals surface area contributed by atoms with E-state index < -0.39 is 0 Å². The van der Waals surface area contributed by atoms with Crippen LogP contribution < -0.4 is 0 Å². The van der Waals surface area contributed by atoms with Crippen molar-refractivity contribution in [2.45, 2.75) is 12.1 Å². The summed E-state index contributed by atoms with van der Waals surface area (Å²) < 4.78 is 7.17. The summed E-state index contributed by atoms with van der Waals surface area (Å²) >= 11 is 1.71. The summed E-state index contributed by atoms with van der Waals surface area (Å²) in [5, 5.41) is 1.01. The predicted molar refractivity (Wildman–Crippen MR) is 70.9 cm³/mol. The lowest BCUT2D eigenvalue weighted by Gasteiger charge is -2.09. The van der Waals surface area contributed by atoms with Gasteiger partial charge in [-0.15, -0.1) is 0 Å². The average molecular weight is 248 g/mol. The molecular formula is C13H16N2OS. The molecule has 0 saturated carbocycles. The third kappa shape index (κ3) is 2.90. The topological polar surface area (TPSA) is 27.1 Å². The second-order valence-electron chi connectivity index (χ2n) is 3.71. The SMILES string of the molecule is COCCSc1nccn1-c1ccccc1C. The Hall–Kier alpha value is -1.26. The highest BCUT2D eigenvalue weighted by Gasteiger charge is 2.06. The molecule has 0 N–H and O–H groups in total. The van der Waals surface area contributed by atoms with Gasteiger partial charge in [-0.3, -0.25) is 4.57 Å². The molecule has 0 unspecified atom stereocenters. The maximum absolute atomic E-state index is 5.05. The smallest absolute Gasteiger partial charge is 0.172 e. The number of benzene rings is 1. The van der Waals surface area contributed by atoms with E-state index in [4.69, 9.17) is 4.74 Å². The van der Waals surface area contributed by atoms with Gasteiger partial charge in [0.1, 0.15) is 0 Å². The Morgan fingerprint density at radius 3 is 2.94 bits per heavy atom. The number of thioether (sulfide) groups is 1. The molecular weight excluding hydrogens is 232 g/mol. The first-order valence-corrected chi connectivity index (χ1v) is 6.52. The molecule has 1 aromatic heterocycles. The van der Waals surface area contributed by atoms with E-state index in [1.807, 2.05) is 24.5 Å². The van der Waals surface area contributed by atoms with Crippen LogP contribution in [0.4, 0.5) is 0 Å². The van der Waals surface area contributed by atoms with Crippen LogP contribution in [0.15, 0.2) is 41.8 Å². The zero-order chi connectivity index (χ0) is 12.1. The van der Waals surface area contributed by atoms with Gasteiger partial charge in [-0.2, -0.15) is 0 Å². The maximum Gasteiger partial charge on any atom is 0.172 e. The average Bonchev–Trinajstić information content (AvgIpc) is 2.78. The number of imidazole rings is 1. The Labute approximate surface area is 106 Å². The fourth-order valence-electron chi connectivity index (χ4n) is 1.63. The van der Waals surface area contributed by atoms with Gasteiger partial charge in [-0.25, -0.2) is 4.98 Å². The Balaban J connectivity index is 2.22. The highest BCUT2D eigenvalue weighted by atomic mass is 32.2. The fourth-order valence-corrected chi connectivity index (χ4v) is 2.50. The molecule has 1 heterocycles. The minimum Gasteiger partial charge on any atom is -0.384 e. The summed E-state index contributed by atoms with van der Waals surface area (Å²) in [6.45, 7) is 2.85. The molecule has 17 heavy (non-hydrogen) atoms. The van der Waals surface area contributed by atoms with Crippen LogP contribution >= 0.6 is 11.8 Å². The number of rotatable bonds is 5. The van der Waals surface area contributed by atoms with Crippen molar-refractivity contribution in [2.75, 3.05) is 19.5 Å². The van der Waals surface area contributed by atoms with E-state index >= 15 is 0 Å². The number of aromatic nitrogens is 2. The van der Waals surface area contributed by atoms with E-state index in [1.165, 1.54) is 11.3 Å². The van der Waals surface area contributed by atoms with Gasteiger partial charge in [-0.05, 0) is 18.6 Å². The van der Waals surface area contributed by atoms with Gasteiger partial charge in [-0.1, -0.05) is 30.0 Å². The number of ether oxygens (including phenoxy) is 1. The second kappa shape index (κ2) is 5.89. The third-order valence-corrected chi connectivity index (χ3v) is 3.43. The van der Waals surface area contributed by atoms with Gasteiger partial charge < -0.3 is 4.74 Å². The van der Waals surface area contributed by atoms with Crippen molar-refractivity contribution in [3.8, 4) is 5.69 Å². The number of para-hydroxylation sites is 1. The normalized spacial score (nSPS) is 10.7. The minimum atomic E-state index is 0.741. The summed E-state index contributed by atoms with van der Waals surface area (Å²) in [7, 11) is 1.72. The molecule has 0 aliphatic heterocycles. The van der Waals surface area contributed by atoms with E-state index in [0.717, 1.165) is 17.5 Å². The standard InChI is InChI=1S/C13H16N2OS/c1-11-5-3-4-6-12(11)15-8-7-14-13(15)17-10-9-16-2/h3-8H,9-10H2,1-2H3. The molecule has 0 aliphatic rings. The maximum atomic E-state index is 5.05. The highest BCUT2D eigenvalue weighted by molar-refractivity contribution is 7.99. The van der Waals surface area contributed by atoms with Crippen LogP contribution in [-0.2, 0) is 4.74 Å². The van der Waals surface area contributed by atoms with Gasteiger partial charge in [0.15, 0.2) is 5.16 Å². The van der Waals surface area contributed by atoms with Crippen LogP contribution in [0.25, 0.3) is 5.69 Å². The summed E-state index contributed by atoms with van der Waals surface area (Å²) in [5.41, 5.74) is 2.43. The Kier molecular flexibility index (Phi) is 4.23. The molecule has 90 valence electrons. The lowest BCUT2D eigenvalue weighted by molar-refractivity contribution is 0.218. The lowest BCUT2D eigenvalue weighted by atomic mass is 10.2. The summed E-state index contributed by atoms with van der Waals surface area (Å²) in [6, 6.07) is 8.32. The molecule has 4 heteroatoms. The Morgan fingerprint density at radius 2 is 2.18 bits per heavy atom. The van der Waals surface area contributed by atoms with Crippen LogP contribution in [-0.4, -0.2) is 29.0 Å². The molecule has 0 radical (unpaired) electrons. The first-order chi connectivity index (χ1) is 8.33. The van der Waals surface area contributed by atoms with Crippen molar-refractivity contribution >= 4 is 11.8 Å². The summed E-state index contributed by atoms with van der Waals surface area (Å²) in [5.74, 6) is 0.916. The van der Waals surface area contributed by atoms with Crippen LogP contribution in [0.3, 0.4) is 0 Å². The molecule has 0 saturated heterocycles. The monoisotopic (exact) mass is 248 g/mol. The number of hydrogen-bond acceptors (Lipinski definition) is 3. The summed E-state index contributed by atoms with van der Waals surface area (Å²) in [6.07, 6.45) is 3.83. The van der Waals surface area contributed by atoms with Gasteiger partial charge in [0, 0.05) is 25.3 Å². The molecule has 2 rings (SSSR count). The lowest BCUT2D eigenvalue weighted by Crippen LogP contribution is -1.99. The van der Waals surface area contributed by atoms with E-state index in [9.17, 15) is 0 Å². The molecule has 0 fully saturated rings. The largest absolute Gasteiger partial charge is 0.384 e. The van der Waals surface area contributed by atoms with Gasteiger partial charge >= 0.3 is 0 Å². The molecule has 0 aliphatic carbocycles. The van der Waals surface area contributed by atoms with Crippen LogP contribution in [0.1, 0.15) is 5.56 Å². The predicted octanol–water partition coefficient (Wildman–Crippen LogP) is 2.92. The molecule has 2 aromatic rings. The van der Waals surface area contributed by atoms with E-state index in [1.54, 1.807) is 18.9 Å². The van der Waals surface area contributed by atoms with Crippen LogP contribution in [0.2, 0.25) is 0 Å². The van der Waals surface area contributed by atoms with E-state index in [-0.39, 0.29) is 0 Å². The first-order valence-electron chi connectivity index (χ1n) is 5.54. The second-order valence-corrected chi connectivity index (χ2v) is 4.77. The zero-order valence-corrected chi connectivity index (χ0v) is 10.9. The number of aryl methyl sites for hydroxylation is 1. The third-order valence-electron chi connectivity index (χ3n) is 2.50. The molecule has 0 spiro atoms. The fraction of sp³-hybridized carbons (Fsp3) is 0.308. The van der Waals surface area contributed by atoms with Crippen molar-refractivity contribution in [3.05, 3.63) is 42.2 Å². The van der Waals surface area contributed by atoms with Crippen molar-refractivity contribution in [3.63, 3.8) is 0 Å². The highest BCUT2D eigenvalue weighted by Crippen LogP contribution is 2.22. The van der Waals surface area contributed by atoms with Crippen molar-refractivity contribution < 1.29 is 4.74 Å². The quantitative estimate of drug-likeness (QED) is 0.601. The number of hydrogen-bond donors (Lipinski definition) is 0. The minimum absolute atomic E-state index is 0.741. The molecule has 3 nitrogen and oxygen atoms in total. The van der Waals surface area contributed by atoms with Crippen LogP contribution in [0.5, 0.6) is 0 Å². The number of nitrogens with zero attached hydrogens (tertiary/aromatic N) is 2. The van der Waals surface area contributed by atoms with Crippen molar-refractivity contribution in [2.24, 2.45) is 0 Å². The van der Waals surface area contributed by atoms with Gasteiger partial charge in [0.05, 0.1) is 12.3 Å². The van der Waals surface area contributed by atoms with Crippen molar-refractivity contribution in [1.29, 1.82) is 0 Å². The first kappa shape index (κ1) is 12.2. The van der Waals surface area contributed by atoms with Crippen LogP contribution in [0, 0.1) is 6.92 Å².